The Balaban J connectivity index is 0.000000707. The topological polar surface area (TPSA) is 57.4 Å². The van der Waals surface area contributed by atoms with Crippen LogP contribution in [0.3, 0.4) is 0 Å². The second-order valence-electron chi connectivity index (χ2n) is 11.2. The fourth-order valence-corrected chi connectivity index (χ4v) is 5.06. The third-order valence-corrected chi connectivity index (χ3v) is 7.50. The van der Waals surface area contributed by atoms with Gasteiger partial charge in [-0.2, -0.15) is 13.2 Å². The molecule has 10 heteroatoms. The first-order valence-corrected chi connectivity index (χ1v) is 13.6. The van der Waals surface area contributed by atoms with Crippen molar-refractivity contribution in [2.75, 3.05) is 20.1 Å². The number of azo groups is 1. The van der Waals surface area contributed by atoms with Gasteiger partial charge in [0.15, 0.2) is 0 Å². The number of piperidine rings is 1. The van der Waals surface area contributed by atoms with E-state index < -0.39 is 17.4 Å². The van der Waals surface area contributed by atoms with Crippen LogP contribution in [0.1, 0.15) is 56.2 Å². The molecule has 3 aliphatic rings. The van der Waals surface area contributed by atoms with Crippen LogP contribution in [0.25, 0.3) is 11.2 Å². The molecule has 3 aromatic rings. The van der Waals surface area contributed by atoms with E-state index in [-0.39, 0.29) is 5.52 Å². The van der Waals surface area contributed by atoms with Crippen LogP contribution in [0.4, 0.5) is 13.2 Å². The van der Waals surface area contributed by atoms with Crippen molar-refractivity contribution >= 4 is 11.9 Å². The van der Waals surface area contributed by atoms with E-state index in [1.54, 1.807) is 35.3 Å². The smallest absolute Gasteiger partial charge is 0.299 e. The van der Waals surface area contributed by atoms with Crippen LogP contribution in [0.5, 0.6) is 0 Å². The number of likely N-dealkylation sites (N-methyl/N-ethyl adjacent to an activating group) is 1. The second-order valence-corrected chi connectivity index (χ2v) is 11.2. The molecule has 1 saturated heterocycles. The molecule has 2 aromatic heterocycles. The maximum absolute atomic E-state index is 14.0. The number of imidazole rings is 1. The van der Waals surface area contributed by atoms with E-state index in [9.17, 15) is 18.0 Å². The molecule has 0 N–H and O–H groups in total. The number of alkyl halides is 3. The summed E-state index contributed by atoms with van der Waals surface area (Å²) >= 11 is 0. The molecule has 1 atom stereocenters. The largest absolute Gasteiger partial charge is 0.418 e. The molecular weight excluding hydrogens is 505 g/mol. The van der Waals surface area contributed by atoms with Gasteiger partial charge in [-0.25, -0.2) is 9.37 Å². The maximum atomic E-state index is 14.0. The van der Waals surface area contributed by atoms with Gasteiger partial charge in [-0.1, -0.05) is 38.8 Å². The molecule has 6 rings (SSSR count). The van der Waals surface area contributed by atoms with Crippen molar-refractivity contribution in [1.29, 1.82) is 0 Å². The number of hydrogen-bond donors (Lipinski definition) is 0. The van der Waals surface area contributed by atoms with E-state index in [4.69, 9.17) is 0 Å². The molecular formula is C29H35F3N6O+. The lowest BCUT2D eigenvalue weighted by Gasteiger charge is -2.31. The fraction of sp³-hybridized carbons (Fsp3) is 0.483. The second kappa shape index (κ2) is 11.1. The highest BCUT2D eigenvalue weighted by atomic mass is 19.4. The summed E-state index contributed by atoms with van der Waals surface area (Å²) in [6.07, 6.45) is 6.20. The van der Waals surface area contributed by atoms with Crippen LogP contribution in [0, 0.1) is 18.0 Å². The highest BCUT2D eigenvalue weighted by Gasteiger charge is 2.35. The summed E-state index contributed by atoms with van der Waals surface area (Å²) in [5.74, 6) is 1.59. The van der Waals surface area contributed by atoms with E-state index in [2.05, 4.69) is 29.0 Å². The zero-order valence-electron chi connectivity index (χ0n) is 22.7. The number of likely N-dealkylation sites (tertiary alicyclic amines) is 1. The van der Waals surface area contributed by atoms with Gasteiger partial charge in [-0.15, -0.1) is 0 Å². The minimum absolute atomic E-state index is 0.156. The molecule has 0 bridgehead atoms. The van der Waals surface area contributed by atoms with Crippen molar-refractivity contribution in [3.05, 3.63) is 76.1 Å². The van der Waals surface area contributed by atoms with Crippen LogP contribution in [0.2, 0.25) is 0 Å². The van der Waals surface area contributed by atoms with Gasteiger partial charge in [0.2, 0.25) is 0 Å². The van der Waals surface area contributed by atoms with Crippen LogP contribution >= 0.6 is 0 Å². The number of pyridine rings is 1. The van der Waals surface area contributed by atoms with Crippen molar-refractivity contribution < 1.29 is 17.7 Å². The fourth-order valence-electron chi connectivity index (χ4n) is 5.06. The van der Waals surface area contributed by atoms with Crippen molar-refractivity contribution in [2.24, 2.45) is 22.1 Å². The molecule has 0 spiro atoms. The molecule has 1 saturated carbocycles. The Kier molecular flexibility index (Phi) is 7.75. The summed E-state index contributed by atoms with van der Waals surface area (Å²) < 4.78 is 46.3. The average Bonchev–Trinajstić information content (AvgIpc) is 3.46. The number of benzene rings is 1. The Hall–Kier alpha value is -3.27. The van der Waals surface area contributed by atoms with Gasteiger partial charge in [0.05, 0.1) is 28.9 Å². The SMILES string of the molecule is CC1CC1.C[C@H]1CCCN(Cc2cc(C(F)(F)F)c3cn(-c4cccc(C[C]5N=NC=[N+]5C)c4)c(=O)n3c2)C1. The van der Waals surface area contributed by atoms with Crippen LogP contribution in [-0.2, 0) is 19.1 Å². The van der Waals surface area contributed by atoms with E-state index in [0.29, 0.717) is 30.1 Å². The number of hydrogen-bond acceptors (Lipinski definition) is 4. The minimum atomic E-state index is -4.58. The molecule has 1 aliphatic carbocycles. The maximum Gasteiger partial charge on any atom is 0.418 e. The molecule has 2 aliphatic heterocycles. The zero-order valence-corrected chi connectivity index (χ0v) is 22.7. The Morgan fingerprint density at radius 1 is 1.05 bits per heavy atom. The number of fused-ring (bicyclic) bond motifs is 1. The van der Waals surface area contributed by atoms with Gasteiger partial charge in [-0.05, 0) is 65.7 Å². The molecule has 1 radical (unpaired) electrons. The predicted molar refractivity (Wildman–Crippen MR) is 144 cm³/mol. The first-order valence-electron chi connectivity index (χ1n) is 13.6. The molecule has 0 unspecified atom stereocenters. The van der Waals surface area contributed by atoms with Gasteiger partial charge >= 0.3 is 24.4 Å². The molecule has 1 aromatic carbocycles. The van der Waals surface area contributed by atoms with Crippen molar-refractivity contribution in [1.82, 2.24) is 13.9 Å². The van der Waals surface area contributed by atoms with Gasteiger partial charge < -0.3 is 0 Å². The van der Waals surface area contributed by atoms with Crippen LogP contribution in [-0.4, -0.2) is 44.9 Å². The number of halogens is 3. The zero-order chi connectivity index (χ0) is 27.7. The summed E-state index contributed by atoms with van der Waals surface area (Å²) in [4.78, 5) is 15.5. The molecule has 2 fully saturated rings. The van der Waals surface area contributed by atoms with Gasteiger partial charge in [0, 0.05) is 31.9 Å². The first kappa shape index (κ1) is 27.3. The lowest BCUT2D eigenvalue weighted by molar-refractivity contribution is -0.474. The summed E-state index contributed by atoms with van der Waals surface area (Å²) in [5, 5.41) is 7.95. The van der Waals surface area contributed by atoms with E-state index >= 15 is 0 Å². The monoisotopic (exact) mass is 540 g/mol. The van der Waals surface area contributed by atoms with Crippen LogP contribution in [0.15, 0.2) is 57.7 Å². The molecule has 0 amide bonds. The van der Waals surface area contributed by atoms with Crippen molar-refractivity contribution in [3.63, 3.8) is 0 Å². The molecule has 7 nitrogen and oxygen atoms in total. The van der Waals surface area contributed by atoms with E-state index in [0.717, 1.165) is 48.0 Å². The third kappa shape index (κ3) is 6.49. The van der Waals surface area contributed by atoms with Crippen LogP contribution < -0.4 is 5.69 Å². The Labute approximate surface area is 226 Å². The van der Waals surface area contributed by atoms with Gasteiger partial charge in [-0.3, -0.25) is 13.9 Å². The minimum Gasteiger partial charge on any atom is -0.299 e. The highest BCUT2D eigenvalue weighted by Crippen LogP contribution is 2.34. The Morgan fingerprint density at radius 2 is 1.82 bits per heavy atom. The Bertz CT molecular complexity index is 1450. The predicted octanol–water partition coefficient (Wildman–Crippen LogP) is 5.93. The highest BCUT2D eigenvalue weighted by molar-refractivity contribution is 5.58. The molecule has 4 heterocycles. The van der Waals surface area contributed by atoms with E-state index in [1.165, 1.54) is 29.7 Å². The normalized spacial score (nSPS) is 20.3. The average molecular weight is 541 g/mol. The lowest BCUT2D eigenvalue weighted by atomic mass is 10.00. The quantitative estimate of drug-likeness (QED) is 0.377. The lowest BCUT2D eigenvalue weighted by Crippen LogP contribution is -2.34. The van der Waals surface area contributed by atoms with E-state index in [1.807, 2.05) is 13.1 Å². The van der Waals surface area contributed by atoms with Gasteiger partial charge in [0.25, 0.3) is 0 Å². The summed E-state index contributed by atoms with van der Waals surface area (Å²) in [7, 11) is 1.84. The molecule has 39 heavy (non-hydrogen) atoms. The van der Waals surface area contributed by atoms with Crippen molar-refractivity contribution in [2.45, 2.75) is 58.7 Å². The number of nitrogens with zero attached hydrogens (tertiary/aromatic N) is 6. The summed E-state index contributed by atoms with van der Waals surface area (Å²) in [6.45, 7) is 6.50. The van der Waals surface area contributed by atoms with Crippen molar-refractivity contribution in [3.8, 4) is 5.69 Å². The standard InChI is InChI=1S/C25H27F3N6O.C4H8/c1-17-5-4-8-32(12-17)13-19-10-21(25(26,27)28)22-15-33(24(35)34(22)14-19)20-7-3-6-18(9-20)11-23-30-29-16-31(23)2;1-4-2-3-4/h3,6-7,9-10,14-17H,4-5,8,11-13H2,1-2H3;4H,2-3H2,1H3/q+1;/t17-;/m0./s1. The number of rotatable bonds is 5. The Morgan fingerprint density at radius 3 is 2.46 bits per heavy atom. The summed E-state index contributed by atoms with van der Waals surface area (Å²) in [6, 6.07) is 8.35. The van der Waals surface area contributed by atoms with Gasteiger partial charge in [0.1, 0.15) is 0 Å². The first-order chi connectivity index (χ1) is 18.6. The summed E-state index contributed by atoms with van der Waals surface area (Å²) in [5.41, 5.74) is 0.364. The third-order valence-electron chi connectivity index (χ3n) is 7.50. The molecule has 207 valence electrons. The number of aromatic nitrogens is 2.